The monoisotopic (exact) mass is 328 g/mol. The van der Waals surface area contributed by atoms with E-state index in [1.54, 1.807) is 0 Å². The van der Waals surface area contributed by atoms with Gasteiger partial charge in [0.05, 0.1) is 11.2 Å². The average molecular weight is 328 g/mol. The second-order valence-corrected chi connectivity index (χ2v) is 8.71. The van der Waals surface area contributed by atoms with Gasteiger partial charge in [0.1, 0.15) is 0 Å². The van der Waals surface area contributed by atoms with Gasteiger partial charge in [-0.1, -0.05) is 62.4 Å². The van der Waals surface area contributed by atoms with Crippen LogP contribution >= 0.6 is 0 Å². The molecule has 0 bridgehead atoms. The first-order chi connectivity index (χ1) is 11.4. The molecule has 1 aliphatic heterocycles. The van der Waals surface area contributed by atoms with Gasteiger partial charge in [-0.25, -0.2) is 0 Å². The van der Waals surface area contributed by atoms with Crippen LogP contribution in [0.25, 0.3) is 0 Å². The summed E-state index contributed by atoms with van der Waals surface area (Å²) < 4.78 is 12.9. The predicted molar refractivity (Wildman–Crippen MR) is 101 cm³/mol. The molecule has 0 spiro atoms. The molecule has 1 atom stereocenters. The SMILES string of the molecule is CC1(C)OB(C(CCc2ccccc2)C2CCCCC2)OC1(C)C. The number of rotatable bonds is 5. The normalized spacial score (nSPS) is 24.9. The minimum Gasteiger partial charge on any atom is -0.403 e. The second-order valence-electron chi connectivity index (χ2n) is 8.71. The van der Waals surface area contributed by atoms with Crippen molar-refractivity contribution in [1.29, 1.82) is 0 Å². The lowest BCUT2D eigenvalue weighted by Gasteiger charge is -2.32. The van der Waals surface area contributed by atoms with Crippen molar-refractivity contribution in [2.24, 2.45) is 5.92 Å². The van der Waals surface area contributed by atoms with E-state index >= 15 is 0 Å². The van der Waals surface area contributed by atoms with E-state index in [1.807, 2.05) is 0 Å². The lowest BCUT2D eigenvalue weighted by molar-refractivity contribution is 0.00578. The highest BCUT2D eigenvalue weighted by molar-refractivity contribution is 6.47. The Balaban J connectivity index is 1.72. The zero-order valence-electron chi connectivity index (χ0n) is 15.9. The van der Waals surface area contributed by atoms with Gasteiger partial charge in [0, 0.05) is 0 Å². The van der Waals surface area contributed by atoms with Crippen molar-refractivity contribution >= 4 is 7.12 Å². The molecule has 2 nitrogen and oxygen atoms in total. The van der Waals surface area contributed by atoms with Gasteiger partial charge >= 0.3 is 7.12 Å². The molecular weight excluding hydrogens is 295 g/mol. The highest BCUT2D eigenvalue weighted by Crippen LogP contribution is 2.46. The first-order valence-corrected chi connectivity index (χ1v) is 9.79. The van der Waals surface area contributed by atoms with E-state index in [9.17, 15) is 0 Å². The van der Waals surface area contributed by atoms with Crippen molar-refractivity contribution in [2.75, 3.05) is 0 Å². The largest absolute Gasteiger partial charge is 0.461 e. The Morgan fingerprint density at radius 3 is 2.12 bits per heavy atom. The minimum atomic E-state index is -0.225. The molecule has 3 heteroatoms. The Hall–Kier alpha value is -0.795. The zero-order chi connectivity index (χ0) is 17.2. The summed E-state index contributed by atoms with van der Waals surface area (Å²) in [5, 5.41) is 0. The molecule has 1 aliphatic carbocycles. The lowest BCUT2D eigenvalue weighted by Crippen LogP contribution is -2.41. The molecule has 1 heterocycles. The van der Waals surface area contributed by atoms with Crippen LogP contribution in [0.1, 0.15) is 71.8 Å². The summed E-state index contributed by atoms with van der Waals surface area (Å²) in [6.07, 6.45) is 9.08. The van der Waals surface area contributed by atoms with Gasteiger partial charge in [-0.2, -0.15) is 0 Å². The van der Waals surface area contributed by atoms with Crippen LogP contribution in [0.5, 0.6) is 0 Å². The molecule has 3 rings (SSSR count). The van der Waals surface area contributed by atoms with Crippen LogP contribution in [0, 0.1) is 5.92 Å². The molecule has 1 saturated heterocycles. The average Bonchev–Trinajstić information content (AvgIpc) is 2.77. The van der Waals surface area contributed by atoms with E-state index in [2.05, 4.69) is 58.0 Å². The maximum Gasteiger partial charge on any atom is 0.461 e. The molecular formula is C21H33BO2. The third kappa shape index (κ3) is 3.88. The fourth-order valence-corrected chi connectivity index (χ4v) is 4.20. The summed E-state index contributed by atoms with van der Waals surface area (Å²) in [5.74, 6) is 1.25. The molecule has 0 aromatic heterocycles. The Bertz CT molecular complexity index is 504. The Morgan fingerprint density at radius 1 is 0.958 bits per heavy atom. The van der Waals surface area contributed by atoms with E-state index in [0.717, 1.165) is 18.8 Å². The fourth-order valence-electron chi connectivity index (χ4n) is 4.20. The van der Waals surface area contributed by atoms with Crippen LogP contribution in [-0.4, -0.2) is 18.3 Å². The highest BCUT2D eigenvalue weighted by atomic mass is 16.7. The van der Waals surface area contributed by atoms with Gasteiger partial charge in [0.15, 0.2) is 0 Å². The molecule has 0 amide bonds. The van der Waals surface area contributed by atoms with Crippen molar-refractivity contribution < 1.29 is 9.31 Å². The fraction of sp³-hybridized carbons (Fsp3) is 0.714. The number of aryl methyl sites for hydroxylation is 1. The first-order valence-electron chi connectivity index (χ1n) is 9.79. The van der Waals surface area contributed by atoms with E-state index < -0.39 is 0 Å². The van der Waals surface area contributed by atoms with Gasteiger partial charge in [-0.05, 0) is 57.8 Å². The van der Waals surface area contributed by atoms with Crippen LogP contribution in [0.15, 0.2) is 30.3 Å². The first kappa shape index (κ1) is 18.0. The van der Waals surface area contributed by atoms with E-state index in [4.69, 9.17) is 9.31 Å². The standard InChI is InChI=1S/C21H33BO2/c1-20(2)21(3,4)24-22(23-20)19(18-13-9-6-10-14-18)16-15-17-11-7-5-8-12-17/h5,7-8,11-12,18-19H,6,9-10,13-16H2,1-4H3. The smallest absolute Gasteiger partial charge is 0.403 e. The Kier molecular flexibility index (Phi) is 5.41. The van der Waals surface area contributed by atoms with Crippen LogP contribution in [0.4, 0.5) is 0 Å². The quantitative estimate of drug-likeness (QED) is 0.649. The highest BCUT2D eigenvalue weighted by Gasteiger charge is 2.54. The minimum absolute atomic E-state index is 0.0539. The van der Waals surface area contributed by atoms with Gasteiger partial charge in [-0.15, -0.1) is 0 Å². The molecule has 2 aliphatic rings. The molecule has 1 unspecified atom stereocenters. The second kappa shape index (κ2) is 7.21. The lowest BCUT2D eigenvalue weighted by atomic mass is 9.59. The summed E-state index contributed by atoms with van der Waals surface area (Å²) >= 11 is 0. The molecule has 1 saturated carbocycles. The van der Waals surface area contributed by atoms with Crippen LogP contribution < -0.4 is 0 Å². The van der Waals surface area contributed by atoms with Crippen molar-refractivity contribution in [3.63, 3.8) is 0 Å². The van der Waals surface area contributed by atoms with E-state index in [1.165, 1.54) is 37.7 Å². The molecule has 1 aromatic rings. The van der Waals surface area contributed by atoms with Crippen molar-refractivity contribution in [1.82, 2.24) is 0 Å². The topological polar surface area (TPSA) is 18.5 Å². The summed E-state index contributed by atoms with van der Waals surface area (Å²) in [6.45, 7) is 8.68. The van der Waals surface area contributed by atoms with Crippen molar-refractivity contribution in [3.05, 3.63) is 35.9 Å². The summed E-state index contributed by atoms with van der Waals surface area (Å²) in [6, 6.07) is 10.8. The molecule has 24 heavy (non-hydrogen) atoms. The van der Waals surface area contributed by atoms with E-state index in [0.29, 0.717) is 5.82 Å². The molecule has 1 aromatic carbocycles. The Labute approximate surface area is 148 Å². The third-order valence-corrected chi connectivity index (χ3v) is 6.49. The third-order valence-electron chi connectivity index (χ3n) is 6.49. The molecule has 2 fully saturated rings. The van der Waals surface area contributed by atoms with Gasteiger partial charge in [0.2, 0.25) is 0 Å². The summed E-state index contributed by atoms with van der Waals surface area (Å²) in [7, 11) is -0.0539. The molecule has 0 N–H and O–H groups in total. The van der Waals surface area contributed by atoms with Crippen LogP contribution in [0.2, 0.25) is 5.82 Å². The zero-order valence-corrected chi connectivity index (χ0v) is 15.9. The molecule has 132 valence electrons. The number of hydrogen-bond donors (Lipinski definition) is 0. The van der Waals surface area contributed by atoms with Crippen LogP contribution in [0.3, 0.4) is 0 Å². The van der Waals surface area contributed by atoms with Gasteiger partial charge in [0.25, 0.3) is 0 Å². The number of benzene rings is 1. The predicted octanol–water partition coefficient (Wildman–Crippen LogP) is 5.66. The Morgan fingerprint density at radius 2 is 1.54 bits per heavy atom. The maximum absolute atomic E-state index is 6.45. The van der Waals surface area contributed by atoms with Crippen molar-refractivity contribution in [3.8, 4) is 0 Å². The van der Waals surface area contributed by atoms with Gasteiger partial charge < -0.3 is 9.31 Å². The van der Waals surface area contributed by atoms with Crippen molar-refractivity contribution in [2.45, 2.75) is 89.7 Å². The molecule has 0 radical (unpaired) electrons. The number of hydrogen-bond acceptors (Lipinski definition) is 2. The van der Waals surface area contributed by atoms with Gasteiger partial charge in [-0.3, -0.25) is 0 Å². The van der Waals surface area contributed by atoms with Crippen LogP contribution in [-0.2, 0) is 15.7 Å². The maximum atomic E-state index is 6.45. The summed E-state index contributed by atoms with van der Waals surface area (Å²) in [5.41, 5.74) is 0.976. The van der Waals surface area contributed by atoms with E-state index in [-0.39, 0.29) is 18.3 Å². The summed E-state index contributed by atoms with van der Waals surface area (Å²) in [4.78, 5) is 0.